The third kappa shape index (κ3) is 0.999. The van der Waals surface area contributed by atoms with Crippen molar-refractivity contribution in [3.63, 3.8) is 0 Å². The molecular formula is C12H8N2O2. The molecule has 0 bridgehead atoms. The maximum Gasteiger partial charge on any atom is 0.254 e. The molecule has 0 spiro atoms. The molecule has 0 radical (unpaired) electrons. The molecule has 4 nitrogen and oxygen atoms in total. The summed E-state index contributed by atoms with van der Waals surface area (Å²) < 4.78 is 6.99. The number of hydrogen-bond donors (Lipinski definition) is 0. The summed E-state index contributed by atoms with van der Waals surface area (Å²) in [6.45, 7) is 2.10. The average molecular weight is 212 g/mol. The number of nitriles is 1. The SMILES string of the molecule is Cc1cc(=O)n2c3c(cc(C#N)cc13)OC2. The molecule has 0 aliphatic carbocycles. The molecule has 78 valence electrons. The number of aromatic nitrogens is 1. The molecule has 0 fully saturated rings. The average Bonchev–Trinajstić information content (AvgIpc) is 2.70. The standard InChI is InChI=1S/C12H8N2O2/c1-7-2-11(15)14-6-16-10-4-8(5-13)3-9(7)12(10)14/h2-4H,6H2,1H3. The molecular weight excluding hydrogens is 204 g/mol. The summed E-state index contributed by atoms with van der Waals surface area (Å²) in [5.74, 6) is 0.620. The largest absolute Gasteiger partial charge is 0.470 e. The Morgan fingerprint density at radius 3 is 3.00 bits per heavy atom. The Balaban J connectivity index is 2.58. The molecule has 0 saturated heterocycles. The highest BCUT2D eigenvalue weighted by molar-refractivity contribution is 5.89. The minimum atomic E-state index is -0.0616. The first kappa shape index (κ1) is 8.98. The Morgan fingerprint density at radius 1 is 1.44 bits per heavy atom. The van der Waals surface area contributed by atoms with Gasteiger partial charge in [0, 0.05) is 17.5 Å². The van der Waals surface area contributed by atoms with Gasteiger partial charge in [-0.2, -0.15) is 5.26 Å². The molecule has 3 rings (SSSR count). The van der Waals surface area contributed by atoms with Crippen LogP contribution in [0.3, 0.4) is 0 Å². The van der Waals surface area contributed by atoms with Gasteiger partial charge in [-0.15, -0.1) is 0 Å². The maximum absolute atomic E-state index is 11.7. The van der Waals surface area contributed by atoms with Gasteiger partial charge in [0.15, 0.2) is 6.73 Å². The molecule has 1 aliphatic rings. The van der Waals surface area contributed by atoms with Gasteiger partial charge in [-0.25, -0.2) is 0 Å². The smallest absolute Gasteiger partial charge is 0.254 e. The van der Waals surface area contributed by atoms with E-state index in [2.05, 4.69) is 6.07 Å². The van der Waals surface area contributed by atoms with E-state index in [1.807, 2.05) is 6.92 Å². The summed E-state index contributed by atoms with van der Waals surface area (Å²) in [7, 11) is 0. The maximum atomic E-state index is 11.7. The minimum Gasteiger partial charge on any atom is -0.470 e. The van der Waals surface area contributed by atoms with Crippen molar-refractivity contribution in [2.24, 2.45) is 0 Å². The van der Waals surface area contributed by atoms with E-state index in [0.717, 1.165) is 16.5 Å². The van der Waals surface area contributed by atoms with Crippen LogP contribution in [-0.2, 0) is 6.73 Å². The van der Waals surface area contributed by atoms with Gasteiger partial charge in [0.2, 0.25) is 0 Å². The molecule has 0 amide bonds. The molecule has 16 heavy (non-hydrogen) atoms. The second kappa shape index (κ2) is 2.86. The van der Waals surface area contributed by atoms with Crippen LogP contribution < -0.4 is 10.3 Å². The van der Waals surface area contributed by atoms with E-state index in [9.17, 15) is 4.79 Å². The number of ether oxygens (including phenoxy) is 1. The molecule has 1 aromatic carbocycles. The molecule has 0 atom stereocenters. The molecule has 2 aromatic rings. The second-order valence-electron chi connectivity index (χ2n) is 3.85. The van der Waals surface area contributed by atoms with E-state index in [-0.39, 0.29) is 12.3 Å². The zero-order valence-electron chi connectivity index (χ0n) is 8.65. The number of hydrogen-bond acceptors (Lipinski definition) is 3. The van der Waals surface area contributed by atoms with Crippen LogP contribution in [0.25, 0.3) is 10.9 Å². The summed E-state index contributed by atoms with van der Waals surface area (Å²) in [5.41, 5.74) is 2.16. The van der Waals surface area contributed by atoms with Crippen molar-refractivity contribution < 1.29 is 4.74 Å². The summed E-state index contributed by atoms with van der Waals surface area (Å²) in [6.07, 6.45) is 0. The first-order chi connectivity index (χ1) is 7.70. The Kier molecular flexibility index (Phi) is 1.61. The van der Waals surface area contributed by atoms with Crippen molar-refractivity contribution in [1.82, 2.24) is 4.57 Å². The predicted octanol–water partition coefficient (Wildman–Crippen LogP) is 1.53. The van der Waals surface area contributed by atoms with Crippen LogP contribution in [0.5, 0.6) is 5.75 Å². The lowest BCUT2D eigenvalue weighted by Crippen LogP contribution is -2.18. The summed E-state index contributed by atoms with van der Waals surface area (Å²) >= 11 is 0. The molecule has 2 heterocycles. The van der Waals surface area contributed by atoms with E-state index in [1.165, 1.54) is 0 Å². The van der Waals surface area contributed by atoms with Crippen molar-refractivity contribution in [2.75, 3.05) is 0 Å². The molecule has 4 heteroatoms. The van der Waals surface area contributed by atoms with Gasteiger partial charge < -0.3 is 4.74 Å². The van der Waals surface area contributed by atoms with Crippen LogP contribution >= 0.6 is 0 Å². The van der Waals surface area contributed by atoms with Gasteiger partial charge in [-0.3, -0.25) is 9.36 Å². The summed E-state index contributed by atoms with van der Waals surface area (Å²) in [6, 6.07) is 7.12. The van der Waals surface area contributed by atoms with Crippen LogP contribution in [0.1, 0.15) is 11.1 Å². The quantitative estimate of drug-likeness (QED) is 0.665. The Bertz CT molecular complexity index is 708. The zero-order chi connectivity index (χ0) is 11.3. The van der Waals surface area contributed by atoms with Crippen molar-refractivity contribution in [1.29, 1.82) is 5.26 Å². The Labute approximate surface area is 91.3 Å². The fraction of sp³-hybridized carbons (Fsp3) is 0.167. The fourth-order valence-corrected chi connectivity index (χ4v) is 2.07. The van der Waals surface area contributed by atoms with Gasteiger partial charge in [0.25, 0.3) is 5.56 Å². The number of nitrogens with zero attached hydrogens (tertiary/aromatic N) is 2. The van der Waals surface area contributed by atoms with Crippen LogP contribution in [-0.4, -0.2) is 4.57 Å². The Morgan fingerprint density at radius 2 is 2.25 bits per heavy atom. The topological polar surface area (TPSA) is 55.0 Å². The van der Waals surface area contributed by atoms with Gasteiger partial charge >= 0.3 is 0 Å². The third-order valence-corrected chi connectivity index (χ3v) is 2.85. The summed E-state index contributed by atoms with van der Waals surface area (Å²) in [5, 5.41) is 9.81. The predicted molar refractivity (Wildman–Crippen MR) is 58.3 cm³/mol. The normalized spacial score (nSPS) is 12.5. The van der Waals surface area contributed by atoms with Gasteiger partial charge in [0.05, 0.1) is 17.1 Å². The van der Waals surface area contributed by atoms with Crippen molar-refractivity contribution in [3.8, 4) is 11.8 Å². The molecule has 1 aliphatic heterocycles. The second-order valence-corrected chi connectivity index (χ2v) is 3.85. The highest BCUT2D eigenvalue weighted by atomic mass is 16.5. The third-order valence-electron chi connectivity index (χ3n) is 2.85. The van der Waals surface area contributed by atoms with Crippen molar-refractivity contribution >= 4 is 10.9 Å². The minimum absolute atomic E-state index is 0.0616. The lowest BCUT2D eigenvalue weighted by Gasteiger charge is -2.04. The zero-order valence-corrected chi connectivity index (χ0v) is 8.65. The van der Waals surface area contributed by atoms with Crippen LogP contribution in [0, 0.1) is 18.3 Å². The first-order valence-electron chi connectivity index (χ1n) is 4.92. The molecule has 0 N–H and O–H groups in total. The first-order valence-corrected chi connectivity index (χ1v) is 4.92. The van der Waals surface area contributed by atoms with Gasteiger partial charge in [-0.05, 0) is 18.6 Å². The molecule has 1 aromatic heterocycles. The van der Waals surface area contributed by atoms with E-state index < -0.39 is 0 Å². The van der Waals surface area contributed by atoms with E-state index in [0.29, 0.717) is 11.3 Å². The van der Waals surface area contributed by atoms with E-state index in [4.69, 9.17) is 10.00 Å². The van der Waals surface area contributed by atoms with Crippen molar-refractivity contribution in [3.05, 3.63) is 39.7 Å². The van der Waals surface area contributed by atoms with Crippen molar-refractivity contribution in [2.45, 2.75) is 13.7 Å². The van der Waals surface area contributed by atoms with Gasteiger partial charge in [-0.1, -0.05) is 0 Å². The summed E-state index contributed by atoms with van der Waals surface area (Å²) in [4.78, 5) is 11.7. The molecule has 0 saturated carbocycles. The van der Waals surface area contributed by atoms with E-state index in [1.54, 1.807) is 22.8 Å². The number of aryl methyl sites for hydroxylation is 1. The highest BCUT2D eigenvalue weighted by Gasteiger charge is 2.18. The fourth-order valence-electron chi connectivity index (χ4n) is 2.07. The monoisotopic (exact) mass is 212 g/mol. The highest BCUT2D eigenvalue weighted by Crippen LogP contribution is 2.32. The van der Waals surface area contributed by atoms with Gasteiger partial charge in [0.1, 0.15) is 5.75 Å². The number of benzene rings is 1. The Hall–Kier alpha value is -2.28. The molecule has 0 unspecified atom stereocenters. The van der Waals surface area contributed by atoms with Crippen LogP contribution in [0.15, 0.2) is 23.0 Å². The number of pyridine rings is 1. The van der Waals surface area contributed by atoms with Crippen LogP contribution in [0.2, 0.25) is 0 Å². The lowest BCUT2D eigenvalue weighted by molar-refractivity contribution is 0.267. The lowest BCUT2D eigenvalue weighted by atomic mass is 10.1. The number of rotatable bonds is 0. The van der Waals surface area contributed by atoms with E-state index >= 15 is 0 Å². The van der Waals surface area contributed by atoms with Crippen LogP contribution in [0.4, 0.5) is 0 Å².